The first-order chi connectivity index (χ1) is 10.2. The fraction of sp³-hybridized carbons (Fsp3) is 0.294. The van der Waals surface area contributed by atoms with Gasteiger partial charge in [-0.3, -0.25) is 0 Å². The molecule has 1 atom stereocenters. The SMILES string of the molecule is N#Cc1cccnc1NCC1(O)CCCc2ccccc21. The first kappa shape index (κ1) is 13.6. The second-order valence-corrected chi connectivity index (χ2v) is 5.41. The maximum absolute atomic E-state index is 11.0. The van der Waals surface area contributed by atoms with Gasteiger partial charge in [-0.05, 0) is 42.5 Å². The normalized spacial score (nSPS) is 20.4. The van der Waals surface area contributed by atoms with Crippen molar-refractivity contribution < 1.29 is 5.11 Å². The average molecular weight is 279 g/mol. The second-order valence-electron chi connectivity index (χ2n) is 5.41. The zero-order chi connectivity index (χ0) is 14.7. The third-order valence-corrected chi connectivity index (χ3v) is 4.03. The highest BCUT2D eigenvalue weighted by Crippen LogP contribution is 2.35. The van der Waals surface area contributed by atoms with Crippen molar-refractivity contribution in [3.8, 4) is 6.07 Å². The molecule has 4 heteroatoms. The highest BCUT2D eigenvalue weighted by molar-refractivity contribution is 5.51. The topological polar surface area (TPSA) is 68.9 Å². The van der Waals surface area contributed by atoms with Crippen LogP contribution in [0.4, 0.5) is 5.82 Å². The zero-order valence-electron chi connectivity index (χ0n) is 11.7. The standard InChI is InChI=1S/C17H17N3O/c18-11-14-7-4-10-19-16(14)20-12-17(21)9-3-6-13-5-1-2-8-15(13)17/h1-2,4-5,7-8,10,21H,3,6,9,12H2,(H,19,20). The van der Waals surface area contributed by atoms with E-state index in [1.807, 2.05) is 18.2 Å². The van der Waals surface area contributed by atoms with E-state index in [0.29, 0.717) is 24.3 Å². The number of hydrogen-bond acceptors (Lipinski definition) is 4. The number of aliphatic hydroxyl groups is 1. The van der Waals surface area contributed by atoms with Gasteiger partial charge in [0.1, 0.15) is 17.5 Å². The summed E-state index contributed by atoms with van der Waals surface area (Å²) < 4.78 is 0. The summed E-state index contributed by atoms with van der Waals surface area (Å²) in [6.07, 6.45) is 4.32. The minimum absolute atomic E-state index is 0.357. The van der Waals surface area contributed by atoms with Gasteiger partial charge in [0.15, 0.2) is 0 Å². The van der Waals surface area contributed by atoms with Crippen LogP contribution in [0, 0.1) is 11.3 Å². The van der Waals surface area contributed by atoms with Crippen molar-refractivity contribution in [2.45, 2.75) is 24.9 Å². The van der Waals surface area contributed by atoms with Crippen LogP contribution >= 0.6 is 0 Å². The molecule has 21 heavy (non-hydrogen) atoms. The fourth-order valence-electron chi connectivity index (χ4n) is 2.95. The minimum atomic E-state index is -0.904. The minimum Gasteiger partial charge on any atom is -0.383 e. The van der Waals surface area contributed by atoms with Gasteiger partial charge < -0.3 is 10.4 Å². The van der Waals surface area contributed by atoms with Gasteiger partial charge in [-0.15, -0.1) is 0 Å². The maximum Gasteiger partial charge on any atom is 0.143 e. The molecule has 0 fully saturated rings. The van der Waals surface area contributed by atoms with Gasteiger partial charge in [-0.25, -0.2) is 4.98 Å². The number of benzene rings is 1. The Balaban J connectivity index is 1.84. The van der Waals surface area contributed by atoms with Crippen LogP contribution in [0.25, 0.3) is 0 Å². The quantitative estimate of drug-likeness (QED) is 0.906. The van der Waals surface area contributed by atoms with E-state index in [4.69, 9.17) is 5.26 Å². The zero-order valence-corrected chi connectivity index (χ0v) is 11.7. The maximum atomic E-state index is 11.0. The Hall–Kier alpha value is -2.38. The first-order valence-corrected chi connectivity index (χ1v) is 7.13. The third kappa shape index (κ3) is 2.61. The van der Waals surface area contributed by atoms with Gasteiger partial charge in [0.25, 0.3) is 0 Å². The molecule has 0 radical (unpaired) electrons. The fourth-order valence-corrected chi connectivity index (χ4v) is 2.95. The Labute approximate surface area is 124 Å². The summed E-state index contributed by atoms with van der Waals surface area (Å²) in [5, 5.41) is 23.2. The van der Waals surface area contributed by atoms with Crippen LogP contribution in [0.5, 0.6) is 0 Å². The molecular weight excluding hydrogens is 262 g/mol. The molecule has 1 aromatic heterocycles. The van der Waals surface area contributed by atoms with Gasteiger partial charge in [0.2, 0.25) is 0 Å². The van der Waals surface area contributed by atoms with Crippen molar-refractivity contribution in [3.05, 3.63) is 59.3 Å². The molecule has 1 unspecified atom stereocenters. The molecule has 3 rings (SSSR count). The van der Waals surface area contributed by atoms with Crippen molar-refractivity contribution in [2.75, 3.05) is 11.9 Å². The van der Waals surface area contributed by atoms with Crippen molar-refractivity contribution in [1.29, 1.82) is 5.26 Å². The van der Waals surface area contributed by atoms with Crippen molar-refractivity contribution in [1.82, 2.24) is 4.98 Å². The summed E-state index contributed by atoms with van der Waals surface area (Å²) >= 11 is 0. The summed E-state index contributed by atoms with van der Waals surface area (Å²) in [5.41, 5.74) is 1.77. The Bertz CT molecular complexity index is 692. The second kappa shape index (κ2) is 5.55. The summed E-state index contributed by atoms with van der Waals surface area (Å²) in [4.78, 5) is 4.18. The molecule has 2 N–H and O–H groups in total. The molecule has 1 aromatic carbocycles. The number of pyridine rings is 1. The van der Waals surface area contributed by atoms with Crippen LogP contribution in [0.15, 0.2) is 42.6 Å². The van der Waals surface area contributed by atoms with E-state index in [-0.39, 0.29) is 0 Å². The van der Waals surface area contributed by atoms with Gasteiger partial charge in [-0.2, -0.15) is 5.26 Å². The number of aryl methyl sites for hydroxylation is 1. The first-order valence-electron chi connectivity index (χ1n) is 7.13. The van der Waals surface area contributed by atoms with Gasteiger partial charge >= 0.3 is 0 Å². The van der Waals surface area contributed by atoms with Crippen molar-refractivity contribution in [2.24, 2.45) is 0 Å². The van der Waals surface area contributed by atoms with E-state index in [2.05, 4.69) is 22.4 Å². The Morgan fingerprint density at radius 3 is 3.00 bits per heavy atom. The average Bonchev–Trinajstić information content (AvgIpc) is 2.54. The smallest absolute Gasteiger partial charge is 0.143 e. The van der Waals surface area contributed by atoms with Gasteiger partial charge in [-0.1, -0.05) is 24.3 Å². The summed E-state index contributed by atoms with van der Waals surface area (Å²) in [6.45, 7) is 0.357. The highest BCUT2D eigenvalue weighted by Gasteiger charge is 2.34. The molecule has 1 heterocycles. The molecule has 106 valence electrons. The number of fused-ring (bicyclic) bond motifs is 1. The summed E-state index contributed by atoms with van der Waals surface area (Å²) in [5.74, 6) is 0.525. The Morgan fingerprint density at radius 1 is 1.29 bits per heavy atom. The van der Waals surface area contributed by atoms with Crippen molar-refractivity contribution >= 4 is 5.82 Å². The lowest BCUT2D eigenvalue weighted by molar-refractivity contribution is 0.0322. The number of aromatic nitrogens is 1. The number of nitrogens with zero attached hydrogens (tertiary/aromatic N) is 2. The molecule has 1 aliphatic carbocycles. The third-order valence-electron chi connectivity index (χ3n) is 4.03. The van der Waals surface area contributed by atoms with Crippen molar-refractivity contribution in [3.63, 3.8) is 0 Å². The van der Waals surface area contributed by atoms with E-state index >= 15 is 0 Å². The molecule has 0 saturated carbocycles. The van der Waals surface area contributed by atoms with Crippen LogP contribution in [0.1, 0.15) is 29.5 Å². The molecule has 0 spiro atoms. The van der Waals surface area contributed by atoms with E-state index in [0.717, 1.165) is 18.4 Å². The predicted molar refractivity (Wildman–Crippen MR) is 80.7 cm³/mol. The van der Waals surface area contributed by atoms with E-state index in [1.165, 1.54) is 5.56 Å². The monoisotopic (exact) mass is 279 g/mol. The molecule has 2 aromatic rings. The highest BCUT2D eigenvalue weighted by atomic mass is 16.3. The predicted octanol–water partition coefficient (Wildman–Crippen LogP) is 2.59. The lowest BCUT2D eigenvalue weighted by Crippen LogP contribution is -2.37. The number of nitrogens with one attached hydrogen (secondary N) is 1. The largest absolute Gasteiger partial charge is 0.383 e. The number of rotatable bonds is 3. The number of anilines is 1. The van der Waals surface area contributed by atoms with Crippen LogP contribution < -0.4 is 5.32 Å². The summed E-state index contributed by atoms with van der Waals surface area (Å²) in [7, 11) is 0. The van der Waals surface area contributed by atoms with E-state index in [1.54, 1.807) is 18.3 Å². The molecule has 0 aliphatic heterocycles. The molecule has 0 amide bonds. The van der Waals surface area contributed by atoms with Crippen LogP contribution in [0.2, 0.25) is 0 Å². The van der Waals surface area contributed by atoms with Gasteiger partial charge in [0.05, 0.1) is 5.56 Å². The molecule has 0 saturated heterocycles. The molecule has 4 nitrogen and oxygen atoms in total. The summed E-state index contributed by atoms with van der Waals surface area (Å²) in [6, 6.07) is 13.6. The van der Waals surface area contributed by atoms with E-state index < -0.39 is 5.60 Å². The van der Waals surface area contributed by atoms with Crippen LogP contribution in [-0.2, 0) is 12.0 Å². The van der Waals surface area contributed by atoms with E-state index in [9.17, 15) is 5.11 Å². The Morgan fingerprint density at radius 2 is 2.14 bits per heavy atom. The molecule has 1 aliphatic rings. The lowest BCUT2D eigenvalue weighted by atomic mass is 9.79. The van der Waals surface area contributed by atoms with Crippen LogP contribution in [-0.4, -0.2) is 16.6 Å². The lowest BCUT2D eigenvalue weighted by Gasteiger charge is -2.34. The Kier molecular flexibility index (Phi) is 3.59. The van der Waals surface area contributed by atoms with Crippen LogP contribution in [0.3, 0.4) is 0 Å². The van der Waals surface area contributed by atoms with Gasteiger partial charge in [0, 0.05) is 12.7 Å². The number of nitriles is 1. The number of hydrogen-bond donors (Lipinski definition) is 2. The molecule has 0 bridgehead atoms. The molecular formula is C17H17N3O.